The Morgan fingerprint density at radius 2 is 1.12 bits per heavy atom. The van der Waals surface area contributed by atoms with E-state index in [4.69, 9.17) is 6.57 Å². The van der Waals surface area contributed by atoms with E-state index in [1.54, 1.807) is 0 Å². The number of nitriles is 2. The number of para-hydroxylation sites is 1. The van der Waals surface area contributed by atoms with Crippen LogP contribution in [0.15, 0.2) is 170 Å². The molecule has 7 aromatic carbocycles. The Bertz CT molecular complexity index is 2540. The van der Waals surface area contributed by atoms with Gasteiger partial charge in [0, 0.05) is 22.0 Å². The predicted molar refractivity (Wildman–Crippen MR) is 206 cm³/mol. The van der Waals surface area contributed by atoms with Crippen LogP contribution in [0.3, 0.4) is 0 Å². The molecule has 0 aliphatic rings. The summed E-state index contributed by atoms with van der Waals surface area (Å²) < 4.78 is 2.21. The molecule has 232 valence electrons. The van der Waals surface area contributed by atoms with Crippen molar-refractivity contribution in [2.75, 3.05) is 0 Å². The fourth-order valence-corrected chi connectivity index (χ4v) is 12.5. The van der Waals surface area contributed by atoms with Crippen LogP contribution in [0.2, 0.25) is 0 Å². The Morgan fingerprint density at radius 3 is 1.72 bits per heavy atom. The molecule has 0 saturated heterocycles. The predicted octanol–water partition coefficient (Wildman–Crippen LogP) is 8.12. The maximum atomic E-state index is 10.9. The van der Waals surface area contributed by atoms with Crippen molar-refractivity contribution in [3.05, 3.63) is 192 Å². The molecular formula is C45H28N4Si. The second-order valence-corrected chi connectivity index (χ2v) is 16.0. The lowest BCUT2D eigenvalue weighted by atomic mass is 10.0. The van der Waals surface area contributed by atoms with Crippen molar-refractivity contribution in [2.24, 2.45) is 0 Å². The number of hydrogen-bond donors (Lipinski definition) is 0. The van der Waals surface area contributed by atoms with Crippen molar-refractivity contribution in [2.45, 2.75) is 0 Å². The maximum absolute atomic E-state index is 10.9. The van der Waals surface area contributed by atoms with Crippen molar-refractivity contribution in [1.82, 2.24) is 4.57 Å². The highest BCUT2D eigenvalue weighted by Crippen LogP contribution is 2.35. The number of aromatic nitrogens is 1. The second kappa shape index (κ2) is 12.6. The summed E-state index contributed by atoms with van der Waals surface area (Å²) in [5.41, 5.74) is 6.30. The first-order valence-corrected chi connectivity index (χ1v) is 18.3. The van der Waals surface area contributed by atoms with Crippen molar-refractivity contribution in [1.29, 1.82) is 10.5 Å². The van der Waals surface area contributed by atoms with Crippen molar-refractivity contribution in [3.63, 3.8) is 0 Å². The van der Waals surface area contributed by atoms with Crippen LogP contribution < -0.4 is 20.7 Å². The fraction of sp³-hybridized carbons (Fsp3) is 0. The van der Waals surface area contributed by atoms with Crippen LogP contribution in [0.1, 0.15) is 11.1 Å². The molecule has 0 fully saturated rings. The largest absolute Gasteiger partial charge is 0.309 e. The van der Waals surface area contributed by atoms with E-state index in [1.807, 2.05) is 109 Å². The summed E-state index contributed by atoms with van der Waals surface area (Å²) in [5.74, 6) is 0. The van der Waals surface area contributed by atoms with Crippen LogP contribution in [0.4, 0.5) is 5.69 Å². The lowest BCUT2D eigenvalue weighted by Gasteiger charge is -2.36. The molecule has 1 heterocycles. The lowest BCUT2D eigenvalue weighted by Crippen LogP contribution is -2.75. The number of benzene rings is 7. The third-order valence-electron chi connectivity index (χ3n) is 9.59. The van der Waals surface area contributed by atoms with Gasteiger partial charge in [0.1, 0.15) is 0 Å². The zero-order valence-corrected chi connectivity index (χ0v) is 28.0. The summed E-state index contributed by atoms with van der Waals surface area (Å²) in [6.07, 6.45) is 0. The van der Waals surface area contributed by atoms with Gasteiger partial charge in [0.25, 0.3) is 0 Å². The topological polar surface area (TPSA) is 56.9 Å². The van der Waals surface area contributed by atoms with E-state index >= 15 is 0 Å². The number of rotatable bonds is 6. The van der Waals surface area contributed by atoms with Crippen LogP contribution in [0.5, 0.6) is 0 Å². The highest BCUT2D eigenvalue weighted by molar-refractivity contribution is 7.20. The molecule has 8 rings (SSSR count). The molecule has 8 aromatic rings. The van der Waals surface area contributed by atoms with E-state index in [9.17, 15) is 10.5 Å². The van der Waals surface area contributed by atoms with E-state index in [1.165, 1.54) is 0 Å². The summed E-state index contributed by atoms with van der Waals surface area (Å²) in [7, 11) is -3.14. The van der Waals surface area contributed by atoms with E-state index in [2.05, 4.69) is 82.2 Å². The smallest absolute Gasteiger partial charge is 0.189 e. The SMILES string of the molecule is [C-]#[N+]c1cc(-c2cccc(-n3c4ccccc4c4cc(C#N)ccc43)c2)cc(C#N)c1[Si](c1ccccc1)(c1ccccc1)c1ccccc1. The van der Waals surface area contributed by atoms with Gasteiger partial charge in [-0.05, 0) is 80.4 Å². The molecule has 0 saturated carbocycles. The zero-order valence-electron chi connectivity index (χ0n) is 27.0. The number of fused-ring (bicyclic) bond motifs is 3. The van der Waals surface area contributed by atoms with E-state index in [-0.39, 0.29) is 0 Å². The molecule has 4 nitrogen and oxygen atoms in total. The molecule has 0 radical (unpaired) electrons. The summed E-state index contributed by atoms with van der Waals surface area (Å²) in [6.45, 7) is 8.56. The Morgan fingerprint density at radius 1 is 0.520 bits per heavy atom. The minimum absolute atomic E-state index is 0.480. The Kier molecular flexibility index (Phi) is 7.63. The second-order valence-electron chi connectivity index (χ2n) is 12.2. The van der Waals surface area contributed by atoms with Crippen molar-refractivity contribution >= 4 is 56.3 Å². The molecule has 0 spiro atoms. The van der Waals surface area contributed by atoms with Gasteiger partial charge in [-0.25, -0.2) is 4.85 Å². The van der Waals surface area contributed by atoms with Gasteiger partial charge in [-0.2, -0.15) is 10.5 Å². The molecular weight excluding hydrogens is 625 g/mol. The van der Waals surface area contributed by atoms with Gasteiger partial charge < -0.3 is 4.57 Å². The molecule has 0 aliphatic carbocycles. The van der Waals surface area contributed by atoms with Crippen LogP contribution in [-0.2, 0) is 0 Å². The molecule has 0 unspecified atom stereocenters. The standard InChI is InChI=1S/C45H28N4Si/c1-48-42-29-34(33-14-13-15-36(28-33)49-43-23-12-11-22-40(43)41-26-32(30-46)24-25-44(41)49)27-35(31-47)45(42)50(37-16-5-2-6-17-37,38-18-7-3-8-19-38)39-20-9-4-10-21-39/h2-29H. The van der Waals surface area contributed by atoms with E-state index < -0.39 is 8.07 Å². The van der Waals surface area contributed by atoms with Crippen molar-refractivity contribution in [3.8, 4) is 29.0 Å². The van der Waals surface area contributed by atoms with Crippen LogP contribution in [0, 0.1) is 29.2 Å². The Hall–Kier alpha value is -6.97. The highest BCUT2D eigenvalue weighted by Gasteiger charge is 2.44. The minimum atomic E-state index is -3.14. The van der Waals surface area contributed by atoms with E-state index in [0.717, 1.165) is 59.4 Å². The van der Waals surface area contributed by atoms with E-state index in [0.29, 0.717) is 16.8 Å². The number of hydrogen-bond acceptors (Lipinski definition) is 2. The van der Waals surface area contributed by atoms with Crippen LogP contribution >= 0.6 is 0 Å². The van der Waals surface area contributed by atoms with Gasteiger partial charge in [0.05, 0.1) is 35.3 Å². The van der Waals surface area contributed by atoms with Gasteiger partial charge >= 0.3 is 0 Å². The van der Waals surface area contributed by atoms with Gasteiger partial charge in [-0.3, -0.25) is 0 Å². The van der Waals surface area contributed by atoms with Crippen LogP contribution in [0.25, 0.3) is 43.5 Å². The lowest BCUT2D eigenvalue weighted by molar-refractivity contribution is 1.18. The molecule has 0 bridgehead atoms. The van der Waals surface area contributed by atoms with Crippen molar-refractivity contribution < 1.29 is 0 Å². The molecule has 0 atom stereocenters. The average molecular weight is 653 g/mol. The maximum Gasteiger partial charge on any atom is 0.189 e. The molecule has 50 heavy (non-hydrogen) atoms. The minimum Gasteiger partial charge on any atom is -0.309 e. The van der Waals surface area contributed by atoms with Gasteiger partial charge in [-0.15, -0.1) is 0 Å². The fourth-order valence-electron chi connectivity index (χ4n) is 7.51. The van der Waals surface area contributed by atoms with Gasteiger partial charge in [0.2, 0.25) is 0 Å². The Balaban J connectivity index is 1.38. The van der Waals surface area contributed by atoms with Gasteiger partial charge in [-0.1, -0.05) is 121 Å². The monoisotopic (exact) mass is 652 g/mol. The molecule has 1 aromatic heterocycles. The summed E-state index contributed by atoms with van der Waals surface area (Å²) in [6, 6.07) is 62.2. The third kappa shape index (κ3) is 4.80. The zero-order chi connectivity index (χ0) is 34.1. The normalized spacial score (nSPS) is 11.1. The van der Waals surface area contributed by atoms with Gasteiger partial charge in [0.15, 0.2) is 13.8 Å². The van der Waals surface area contributed by atoms with Crippen LogP contribution in [-0.4, -0.2) is 12.6 Å². The summed E-state index contributed by atoms with van der Waals surface area (Å²) >= 11 is 0. The average Bonchev–Trinajstić information content (AvgIpc) is 3.53. The summed E-state index contributed by atoms with van der Waals surface area (Å²) in [5, 5.41) is 26.8. The highest BCUT2D eigenvalue weighted by atomic mass is 28.3. The first-order valence-electron chi connectivity index (χ1n) is 16.3. The Labute approximate surface area is 291 Å². The summed E-state index contributed by atoms with van der Waals surface area (Å²) in [4.78, 5) is 4.18. The molecule has 0 amide bonds. The molecule has 0 aliphatic heterocycles. The quantitative estimate of drug-likeness (QED) is 0.104. The number of nitrogens with zero attached hydrogens (tertiary/aromatic N) is 4. The molecule has 0 N–H and O–H groups in total. The third-order valence-corrected chi connectivity index (χ3v) is 14.5. The first kappa shape index (κ1) is 30.4. The first-order chi connectivity index (χ1) is 24.7. The molecule has 5 heteroatoms.